The minimum absolute atomic E-state index is 0.471. The summed E-state index contributed by atoms with van der Waals surface area (Å²) in [4.78, 5) is 0. The maximum absolute atomic E-state index is 2.43. The lowest BCUT2D eigenvalue weighted by atomic mass is 9.66. The first-order valence-electron chi connectivity index (χ1n) is 6.54. The van der Waals surface area contributed by atoms with Gasteiger partial charge in [0.05, 0.1) is 0 Å². The Balaban J connectivity index is 4.43. The molecule has 0 heteroatoms. The third-order valence-electron chi connectivity index (χ3n) is 3.83. The molecule has 0 aliphatic rings. The van der Waals surface area contributed by atoms with Gasteiger partial charge in [-0.1, -0.05) is 68.2 Å². The van der Waals surface area contributed by atoms with E-state index in [0.717, 1.165) is 0 Å². The van der Waals surface area contributed by atoms with Crippen LogP contribution in [0.1, 0.15) is 81.1 Å². The second kappa shape index (κ2) is 4.89. The monoisotopic (exact) mass is 212 g/mol. The highest BCUT2D eigenvalue weighted by molar-refractivity contribution is 4.83. The molecular weight excluding hydrogens is 180 g/mol. The maximum Gasteiger partial charge on any atom is -0.0344 e. The zero-order valence-electron chi connectivity index (χ0n) is 12.3. The van der Waals surface area contributed by atoms with Gasteiger partial charge in [0.15, 0.2) is 0 Å². The van der Waals surface area contributed by atoms with Crippen molar-refractivity contribution in [2.45, 2.75) is 81.1 Å². The quantitative estimate of drug-likeness (QED) is 0.532. The second-order valence-corrected chi connectivity index (χ2v) is 7.55. The van der Waals surface area contributed by atoms with Gasteiger partial charge < -0.3 is 0 Å². The molecule has 0 bridgehead atoms. The molecule has 0 atom stereocenters. The highest BCUT2D eigenvalue weighted by atomic mass is 14.4. The molecule has 0 aromatic rings. The van der Waals surface area contributed by atoms with Crippen LogP contribution in [0.25, 0.3) is 0 Å². The first-order valence-corrected chi connectivity index (χ1v) is 6.54. The van der Waals surface area contributed by atoms with Gasteiger partial charge >= 0.3 is 0 Å². The van der Waals surface area contributed by atoms with Crippen molar-refractivity contribution in [2.24, 2.45) is 16.2 Å². The summed E-state index contributed by atoms with van der Waals surface area (Å²) in [5.74, 6) is 0. The highest BCUT2D eigenvalue weighted by Gasteiger charge is 2.32. The zero-order valence-corrected chi connectivity index (χ0v) is 12.3. The van der Waals surface area contributed by atoms with Crippen molar-refractivity contribution in [1.82, 2.24) is 0 Å². The van der Waals surface area contributed by atoms with Crippen LogP contribution in [0, 0.1) is 16.2 Å². The first-order chi connectivity index (χ1) is 6.54. The highest BCUT2D eigenvalue weighted by Crippen LogP contribution is 2.44. The molecule has 0 aliphatic heterocycles. The van der Waals surface area contributed by atoms with Crippen molar-refractivity contribution in [3.63, 3.8) is 0 Å². The van der Waals surface area contributed by atoms with Crippen molar-refractivity contribution in [2.75, 3.05) is 0 Å². The number of rotatable bonds is 6. The smallest absolute Gasteiger partial charge is 0.0344 e. The fraction of sp³-hybridized carbons (Fsp3) is 1.00. The molecule has 0 unspecified atom stereocenters. The van der Waals surface area contributed by atoms with Crippen LogP contribution in [0.5, 0.6) is 0 Å². The molecule has 0 aromatic carbocycles. The van der Waals surface area contributed by atoms with Crippen LogP contribution < -0.4 is 0 Å². The van der Waals surface area contributed by atoms with E-state index in [-0.39, 0.29) is 0 Å². The molecule has 15 heavy (non-hydrogen) atoms. The van der Waals surface area contributed by atoms with Crippen LogP contribution in [0.3, 0.4) is 0 Å². The topological polar surface area (TPSA) is 0 Å². The van der Waals surface area contributed by atoms with Crippen LogP contribution in [-0.2, 0) is 0 Å². The average molecular weight is 212 g/mol. The number of hydrogen-bond donors (Lipinski definition) is 0. The molecule has 92 valence electrons. The van der Waals surface area contributed by atoms with Crippen molar-refractivity contribution < 1.29 is 0 Å². The molecule has 0 saturated carbocycles. The van der Waals surface area contributed by atoms with Gasteiger partial charge in [0.1, 0.15) is 0 Å². The van der Waals surface area contributed by atoms with E-state index >= 15 is 0 Å². The fourth-order valence-corrected chi connectivity index (χ4v) is 2.90. The summed E-state index contributed by atoms with van der Waals surface area (Å²) in [6.45, 7) is 19.1. The molecule has 0 amide bonds. The Morgan fingerprint density at radius 2 is 0.800 bits per heavy atom. The Morgan fingerprint density at radius 1 is 0.533 bits per heavy atom. The SMILES string of the molecule is CCC(C)(C)CC(C)(C)CC(C)(C)CC. The van der Waals surface area contributed by atoms with Crippen molar-refractivity contribution in [3.05, 3.63) is 0 Å². The lowest BCUT2D eigenvalue weighted by Gasteiger charge is -2.39. The predicted octanol–water partition coefficient (Wildman–Crippen LogP) is 5.67. The van der Waals surface area contributed by atoms with Gasteiger partial charge in [0.25, 0.3) is 0 Å². The summed E-state index contributed by atoms with van der Waals surface area (Å²) in [6.07, 6.45) is 5.23. The molecule has 0 rings (SSSR count). The Kier molecular flexibility index (Phi) is 4.89. The van der Waals surface area contributed by atoms with E-state index in [4.69, 9.17) is 0 Å². The Bertz CT molecular complexity index is 164. The van der Waals surface area contributed by atoms with Gasteiger partial charge in [-0.05, 0) is 29.1 Å². The molecule has 0 fully saturated rings. The first kappa shape index (κ1) is 15.0. The van der Waals surface area contributed by atoms with E-state index in [0.29, 0.717) is 16.2 Å². The Morgan fingerprint density at radius 3 is 1.00 bits per heavy atom. The van der Waals surface area contributed by atoms with E-state index in [2.05, 4.69) is 55.4 Å². The largest absolute Gasteiger partial charge is 0.0649 e. The summed E-state index contributed by atoms with van der Waals surface area (Å²) in [5, 5.41) is 0. The number of hydrogen-bond acceptors (Lipinski definition) is 0. The van der Waals surface area contributed by atoms with Gasteiger partial charge in [-0.2, -0.15) is 0 Å². The Hall–Kier alpha value is 0. The summed E-state index contributed by atoms with van der Waals surface area (Å²) in [7, 11) is 0. The lowest BCUT2D eigenvalue weighted by Crippen LogP contribution is -2.28. The van der Waals surface area contributed by atoms with E-state index in [1.165, 1.54) is 25.7 Å². The Labute approximate surface area is 97.8 Å². The van der Waals surface area contributed by atoms with E-state index in [1.807, 2.05) is 0 Å². The zero-order chi connectivity index (χ0) is 12.3. The van der Waals surface area contributed by atoms with E-state index in [1.54, 1.807) is 0 Å². The van der Waals surface area contributed by atoms with Crippen LogP contribution in [-0.4, -0.2) is 0 Å². The molecule has 0 nitrogen and oxygen atoms in total. The normalized spacial score (nSPS) is 14.4. The minimum atomic E-state index is 0.471. The van der Waals surface area contributed by atoms with Gasteiger partial charge in [0, 0.05) is 0 Å². The van der Waals surface area contributed by atoms with Crippen molar-refractivity contribution in [1.29, 1.82) is 0 Å². The average Bonchev–Trinajstić information content (AvgIpc) is 2.00. The van der Waals surface area contributed by atoms with Crippen LogP contribution in [0.4, 0.5) is 0 Å². The molecular formula is C15H32. The molecule has 0 radical (unpaired) electrons. The van der Waals surface area contributed by atoms with Crippen LogP contribution in [0.15, 0.2) is 0 Å². The third-order valence-corrected chi connectivity index (χ3v) is 3.83. The van der Waals surface area contributed by atoms with Gasteiger partial charge in [-0.3, -0.25) is 0 Å². The summed E-state index contributed by atoms with van der Waals surface area (Å²) < 4.78 is 0. The van der Waals surface area contributed by atoms with Crippen LogP contribution in [0.2, 0.25) is 0 Å². The summed E-state index contributed by atoms with van der Waals surface area (Å²) in [6, 6.07) is 0. The van der Waals surface area contributed by atoms with E-state index in [9.17, 15) is 0 Å². The van der Waals surface area contributed by atoms with Gasteiger partial charge in [0.2, 0.25) is 0 Å². The maximum atomic E-state index is 2.43. The minimum Gasteiger partial charge on any atom is -0.0649 e. The lowest BCUT2D eigenvalue weighted by molar-refractivity contribution is 0.119. The molecule has 0 heterocycles. The third kappa shape index (κ3) is 6.22. The van der Waals surface area contributed by atoms with Gasteiger partial charge in [-0.25, -0.2) is 0 Å². The fourth-order valence-electron chi connectivity index (χ4n) is 2.90. The molecule has 0 aliphatic carbocycles. The second-order valence-electron chi connectivity index (χ2n) is 7.55. The summed E-state index contributed by atoms with van der Waals surface area (Å²) >= 11 is 0. The van der Waals surface area contributed by atoms with E-state index < -0.39 is 0 Å². The van der Waals surface area contributed by atoms with Crippen molar-refractivity contribution in [3.8, 4) is 0 Å². The molecule has 0 N–H and O–H groups in total. The van der Waals surface area contributed by atoms with Gasteiger partial charge in [-0.15, -0.1) is 0 Å². The molecule has 0 spiro atoms. The van der Waals surface area contributed by atoms with Crippen LogP contribution >= 0.6 is 0 Å². The standard InChI is InChI=1S/C15H32/c1-9-13(3,4)11-15(7,8)12-14(5,6)10-2/h9-12H2,1-8H3. The summed E-state index contributed by atoms with van der Waals surface area (Å²) in [5.41, 5.74) is 1.46. The molecule has 0 saturated heterocycles. The predicted molar refractivity (Wildman–Crippen MR) is 71.2 cm³/mol. The van der Waals surface area contributed by atoms with Crippen molar-refractivity contribution >= 4 is 0 Å². The molecule has 0 aromatic heterocycles.